The van der Waals surface area contributed by atoms with Gasteiger partial charge in [0.15, 0.2) is 0 Å². The van der Waals surface area contributed by atoms with Crippen LogP contribution >= 0.6 is 22.9 Å². The number of hydrogen-bond donors (Lipinski definition) is 3. The molecule has 2 amide bonds. The summed E-state index contributed by atoms with van der Waals surface area (Å²) in [6.07, 6.45) is 6.42. The second-order valence-electron chi connectivity index (χ2n) is 8.49. The van der Waals surface area contributed by atoms with Gasteiger partial charge in [-0.05, 0) is 69.9 Å². The maximum Gasteiger partial charge on any atom is 0.251 e. The summed E-state index contributed by atoms with van der Waals surface area (Å²) in [4.78, 5) is 38.6. The lowest BCUT2D eigenvalue weighted by Gasteiger charge is -2.30. The third-order valence-electron chi connectivity index (χ3n) is 5.81. The van der Waals surface area contributed by atoms with Gasteiger partial charge in [0.05, 0.1) is 26.8 Å². The Bertz CT molecular complexity index is 1240. The molecular formula is C25H27ClN6O2S. The van der Waals surface area contributed by atoms with Crippen molar-refractivity contribution in [1.29, 1.82) is 0 Å². The van der Waals surface area contributed by atoms with Crippen LogP contribution < -0.4 is 16.0 Å². The molecule has 3 N–H and O–H groups in total. The largest absolute Gasteiger partial charge is 0.351 e. The second kappa shape index (κ2) is 11.0. The van der Waals surface area contributed by atoms with Gasteiger partial charge in [-0.15, -0.1) is 11.3 Å². The molecule has 0 spiro atoms. The highest BCUT2D eigenvalue weighted by Crippen LogP contribution is 2.34. The molecule has 1 aliphatic rings. The van der Waals surface area contributed by atoms with Gasteiger partial charge in [0, 0.05) is 23.3 Å². The molecule has 1 saturated carbocycles. The second-order valence-corrected chi connectivity index (χ2v) is 10.1. The number of anilines is 2. The standard InChI is InChI=1S/C25H27ClN6O2S/c1-4-21(33)29-17-10-8-16(9-11-17)24(34)30-18-6-5-7-19(12-18)31-25-27-13-20(26)22(32-25)23-14(2)28-15(3)35-23/h4,8-11,13,18-19H,1,5-7,12H2,2-3H3,(H,29,33)(H,30,34)(H,27,31,32). The number of nitrogens with one attached hydrogen (secondary N) is 3. The Morgan fingerprint density at radius 1 is 1.14 bits per heavy atom. The summed E-state index contributed by atoms with van der Waals surface area (Å²) in [5.74, 6) is 0.0827. The first-order valence-corrected chi connectivity index (χ1v) is 12.6. The quantitative estimate of drug-likeness (QED) is 0.379. The highest BCUT2D eigenvalue weighted by molar-refractivity contribution is 7.15. The van der Waals surface area contributed by atoms with E-state index in [4.69, 9.17) is 11.6 Å². The van der Waals surface area contributed by atoms with Crippen LogP contribution in [-0.2, 0) is 4.79 Å². The normalized spacial score (nSPS) is 17.5. The number of carbonyl (C=O) groups is 2. The van der Waals surface area contributed by atoms with Crippen molar-refractivity contribution < 1.29 is 9.59 Å². The molecule has 2 aromatic heterocycles. The Hall–Kier alpha value is -3.30. The Kier molecular flexibility index (Phi) is 7.77. The molecule has 0 radical (unpaired) electrons. The van der Waals surface area contributed by atoms with Gasteiger partial charge in [-0.2, -0.15) is 0 Å². The number of rotatable bonds is 7. The predicted molar refractivity (Wildman–Crippen MR) is 140 cm³/mol. The van der Waals surface area contributed by atoms with Crippen molar-refractivity contribution in [3.8, 4) is 10.6 Å². The van der Waals surface area contributed by atoms with Gasteiger partial charge in [-0.1, -0.05) is 18.2 Å². The van der Waals surface area contributed by atoms with Crippen LogP contribution in [0.15, 0.2) is 43.1 Å². The molecule has 2 unspecified atom stereocenters. The molecule has 35 heavy (non-hydrogen) atoms. The molecular weight excluding hydrogens is 484 g/mol. The van der Waals surface area contributed by atoms with E-state index in [0.29, 0.717) is 27.9 Å². The molecule has 8 nitrogen and oxygen atoms in total. The zero-order chi connectivity index (χ0) is 24.9. The molecule has 10 heteroatoms. The lowest BCUT2D eigenvalue weighted by molar-refractivity contribution is -0.111. The van der Waals surface area contributed by atoms with Crippen LogP contribution in [0.2, 0.25) is 5.02 Å². The maximum absolute atomic E-state index is 12.8. The Balaban J connectivity index is 1.38. The molecule has 0 saturated heterocycles. The van der Waals surface area contributed by atoms with E-state index in [2.05, 4.69) is 37.5 Å². The Morgan fingerprint density at radius 2 is 1.89 bits per heavy atom. The van der Waals surface area contributed by atoms with Gasteiger partial charge in [0.25, 0.3) is 5.91 Å². The van der Waals surface area contributed by atoms with E-state index in [-0.39, 0.29) is 23.9 Å². The lowest BCUT2D eigenvalue weighted by Crippen LogP contribution is -2.42. The molecule has 2 atom stereocenters. The van der Waals surface area contributed by atoms with Crippen molar-refractivity contribution in [3.63, 3.8) is 0 Å². The van der Waals surface area contributed by atoms with E-state index in [1.54, 1.807) is 41.8 Å². The van der Waals surface area contributed by atoms with Crippen LogP contribution in [-0.4, -0.2) is 38.8 Å². The van der Waals surface area contributed by atoms with Gasteiger partial charge in [0.1, 0.15) is 5.69 Å². The minimum Gasteiger partial charge on any atom is -0.351 e. The predicted octanol–water partition coefficient (Wildman–Crippen LogP) is 5.15. The average Bonchev–Trinajstić information content (AvgIpc) is 3.18. The Labute approximate surface area is 213 Å². The van der Waals surface area contributed by atoms with Crippen molar-refractivity contribution in [3.05, 3.63) is 64.4 Å². The highest BCUT2D eigenvalue weighted by atomic mass is 35.5. The van der Waals surface area contributed by atoms with E-state index >= 15 is 0 Å². The van der Waals surface area contributed by atoms with Crippen molar-refractivity contribution in [1.82, 2.24) is 20.3 Å². The van der Waals surface area contributed by atoms with Gasteiger partial charge in [-0.3, -0.25) is 9.59 Å². The number of halogens is 1. The molecule has 4 rings (SSSR count). The van der Waals surface area contributed by atoms with Crippen LogP contribution in [0, 0.1) is 13.8 Å². The number of hydrogen-bond acceptors (Lipinski definition) is 7. The van der Waals surface area contributed by atoms with Crippen LogP contribution in [0.3, 0.4) is 0 Å². The van der Waals surface area contributed by atoms with Crippen molar-refractivity contribution in [2.75, 3.05) is 10.6 Å². The number of nitrogens with zero attached hydrogens (tertiary/aromatic N) is 3. The summed E-state index contributed by atoms with van der Waals surface area (Å²) >= 11 is 7.95. The van der Waals surface area contributed by atoms with Gasteiger partial charge in [-0.25, -0.2) is 15.0 Å². The molecule has 1 aromatic carbocycles. The summed E-state index contributed by atoms with van der Waals surface area (Å²) < 4.78 is 0. The molecule has 3 aromatic rings. The fraction of sp³-hybridized carbons (Fsp3) is 0.320. The minimum atomic E-state index is -0.294. The topological polar surface area (TPSA) is 109 Å². The number of aryl methyl sites for hydroxylation is 2. The minimum absolute atomic E-state index is 0.0343. The summed E-state index contributed by atoms with van der Waals surface area (Å²) in [7, 11) is 0. The van der Waals surface area contributed by atoms with E-state index < -0.39 is 0 Å². The number of carbonyl (C=O) groups excluding carboxylic acids is 2. The van der Waals surface area contributed by atoms with Crippen LogP contribution in [0.5, 0.6) is 0 Å². The average molecular weight is 511 g/mol. The van der Waals surface area contributed by atoms with E-state index in [0.717, 1.165) is 41.3 Å². The smallest absolute Gasteiger partial charge is 0.251 e. The first kappa shape index (κ1) is 24.8. The number of aromatic nitrogens is 3. The van der Waals surface area contributed by atoms with Crippen molar-refractivity contribution in [2.45, 2.75) is 51.6 Å². The zero-order valence-corrected chi connectivity index (χ0v) is 21.2. The van der Waals surface area contributed by atoms with Gasteiger partial charge < -0.3 is 16.0 Å². The number of thiazole rings is 1. The third kappa shape index (κ3) is 6.23. The first-order chi connectivity index (χ1) is 16.8. The first-order valence-electron chi connectivity index (χ1n) is 11.4. The summed E-state index contributed by atoms with van der Waals surface area (Å²) in [6, 6.07) is 6.94. The van der Waals surface area contributed by atoms with Crippen LogP contribution in [0.4, 0.5) is 11.6 Å². The van der Waals surface area contributed by atoms with Crippen LogP contribution in [0.1, 0.15) is 46.7 Å². The van der Waals surface area contributed by atoms with Gasteiger partial charge >= 0.3 is 0 Å². The molecule has 1 fully saturated rings. The Morgan fingerprint density at radius 3 is 2.57 bits per heavy atom. The number of benzene rings is 1. The summed E-state index contributed by atoms with van der Waals surface area (Å²) in [5.41, 5.74) is 2.73. The SMILES string of the molecule is C=CC(=O)Nc1ccc(C(=O)NC2CCCC(Nc3ncc(Cl)c(-c4sc(C)nc4C)n3)C2)cc1. The number of amides is 2. The summed E-state index contributed by atoms with van der Waals surface area (Å²) in [6.45, 7) is 7.34. The van der Waals surface area contributed by atoms with E-state index in [1.165, 1.54) is 6.08 Å². The van der Waals surface area contributed by atoms with Crippen molar-refractivity contribution >= 4 is 46.4 Å². The summed E-state index contributed by atoms with van der Waals surface area (Å²) in [5, 5.41) is 10.7. The molecule has 1 aliphatic carbocycles. The monoisotopic (exact) mass is 510 g/mol. The molecule has 2 heterocycles. The maximum atomic E-state index is 12.8. The highest BCUT2D eigenvalue weighted by Gasteiger charge is 2.25. The zero-order valence-electron chi connectivity index (χ0n) is 19.6. The van der Waals surface area contributed by atoms with Gasteiger partial charge in [0.2, 0.25) is 11.9 Å². The molecule has 0 aliphatic heterocycles. The fourth-order valence-corrected chi connectivity index (χ4v) is 5.31. The fourth-order valence-electron chi connectivity index (χ4n) is 4.15. The molecule has 182 valence electrons. The van der Waals surface area contributed by atoms with Crippen LogP contribution in [0.25, 0.3) is 10.6 Å². The van der Waals surface area contributed by atoms with E-state index in [9.17, 15) is 9.59 Å². The lowest BCUT2D eigenvalue weighted by atomic mass is 9.91. The molecule has 0 bridgehead atoms. The third-order valence-corrected chi connectivity index (χ3v) is 7.16. The van der Waals surface area contributed by atoms with E-state index in [1.807, 2.05) is 13.8 Å². The van der Waals surface area contributed by atoms with Crippen molar-refractivity contribution in [2.24, 2.45) is 0 Å².